The van der Waals surface area contributed by atoms with Crippen molar-refractivity contribution in [3.8, 4) is 0 Å². The van der Waals surface area contributed by atoms with Crippen LogP contribution in [0.4, 0.5) is 0 Å². The third-order valence-corrected chi connectivity index (χ3v) is 5.55. The second-order valence-electron chi connectivity index (χ2n) is 6.92. The molecule has 0 aromatic rings. The molecule has 4 nitrogen and oxygen atoms in total. The molecule has 3 rings (SSSR count). The summed E-state index contributed by atoms with van der Waals surface area (Å²) in [5.74, 6) is 0.838. The lowest BCUT2D eigenvalue weighted by atomic mass is 9.83. The minimum atomic E-state index is -0.565. The Labute approximate surface area is 121 Å². The number of carbonyl (C=O) groups excluding carboxylic acids is 2. The molecule has 1 saturated heterocycles. The van der Waals surface area contributed by atoms with E-state index in [4.69, 9.17) is 0 Å². The number of rotatable bonds is 1. The Hall–Kier alpha value is -1.06. The zero-order chi connectivity index (χ0) is 14.2. The lowest BCUT2D eigenvalue weighted by Crippen LogP contribution is -2.58. The van der Waals surface area contributed by atoms with E-state index in [1.807, 2.05) is 0 Å². The molecule has 2 atom stereocenters. The molecule has 20 heavy (non-hydrogen) atoms. The van der Waals surface area contributed by atoms with Gasteiger partial charge in [0.2, 0.25) is 11.8 Å². The van der Waals surface area contributed by atoms with Gasteiger partial charge in [-0.1, -0.05) is 32.6 Å². The summed E-state index contributed by atoms with van der Waals surface area (Å²) in [6, 6.07) is 0.349. The van der Waals surface area contributed by atoms with Crippen LogP contribution in [0.15, 0.2) is 0 Å². The first-order chi connectivity index (χ1) is 9.62. The van der Waals surface area contributed by atoms with Crippen LogP contribution in [0.3, 0.4) is 0 Å². The number of carbonyl (C=O) groups is 2. The standard InChI is InChI=1S/C16H26N2O2/c1-12-6-2-3-7-13(12)18-11-8-14(19)17-16(15(18)20)9-4-5-10-16/h12-13H,2-11H2,1H3,(H,17,19). The van der Waals surface area contributed by atoms with Gasteiger partial charge in [-0.15, -0.1) is 0 Å². The summed E-state index contributed by atoms with van der Waals surface area (Å²) in [6.07, 6.45) is 9.05. The first kappa shape index (κ1) is 13.9. The average molecular weight is 278 g/mol. The van der Waals surface area contributed by atoms with Gasteiger partial charge in [0.05, 0.1) is 0 Å². The number of nitrogens with zero attached hydrogens (tertiary/aromatic N) is 1. The molecule has 112 valence electrons. The van der Waals surface area contributed by atoms with E-state index in [9.17, 15) is 9.59 Å². The second kappa shape index (κ2) is 5.38. The van der Waals surface area contributed by atoms with E-state index in [2.05, 4.69) is 17.1 Å². The lowest BCUT2D eigenvalue weighted by molar-refractivity contribution is -0.142. The van der Waals surface area contributed by atoms with Crippen LogP contribution >= 0.6 is 0 Å². The monoisotopic (exact) mass is 278 g/mol. The highest BCUT2D eigenvalue weighted by molar-refractivity contribution is 5.94. The third-order valence-electron chi connectivity index (χ3n) is 5.55. The van der Waals surface area contributed by atoms with Gasteiger partial charge in [-0.3, -0.25) is 9.59 Å². The summed E-state index contributed by atoms with van der Waals surface area (Å²) in [5, 5.41) is 3.06. The van der Waals surface area contributed by atoms with Gasteiger partial charge in [0, 0.05) is 19.0 Å². The molecule has 3 aliphatic rings. The van der Waals surface area contributed by atoms with Crippen molar-refractivity contribution in [2.24, 2.45) is 5.92 Å². The van der Waals surface area contributed by atoms with Gasteiger partial charge >= 0.3 is 0 Å². The molecule has 0 aromatic heterocycles. The second-order valence-corrected chi connectivity index (χ2v) is 6.92. The van der Waals surface area contributed by atoms with Crippen LogP contribution in [-0.2, 0) is 9.59 Å². The van der Waals surface area contributed by atoms with Gasteiger partial charge in [0.1, 0.15) is 5.54 Å². The van der Waals surface area contributed by atoms with Gasteiger partial charge in [-0.05, 0) is 31.6 Å². The van der Waals surface area contributed by atoms with Crippen molar-refractivity contribution in [1.29, 1.82) is 0 Å². The Morgan fingerprint density at radius 3 is 2.50 bits per heavy atom. The van der Waals surface area contributed by atoms with Gasteiger partial charge in [0.15, 0.2) is 0 Å². The summed E-state index contributed by atoms with van der Waals surface area (Å²) in [4.78, 5) is 27.1. The molecule has 1 N–H and O–H groups in total. The fraction of sp³-hybridized carbons (Fsp3) is 0.875. The quantitative estimate of drug-likeness (QED) is 0.799. The minimum Gasteiger partial charge on any atom is -0.342 e. The maximum absolute atomic E-state index is 13.1. The molecule has 0 bridgehead atoms. The van der Waals surface area contributed by atoms with E-state index in [0.29, 0.717) is 24.9 Å². The first-order valence-corrected chi connectivity index (χ1v) is 8.24. The molecule has 1 spiro atoms. The van der Waals surface area contributed by atoms with E-state index in [1.54, 1.807) is 0 Å². The molecule has 4 heteroatoms. The van der Waals surface area contributed by atoms with Gasteiger partial charge < -0.3 is 10.2 Å². The predicted molar refractivity (Wildman–Crippen MR) is 77.1 cm³/mol. The molecule has 1 heterocycles. The van der Waals surface area contributed by atoms with Crippen molar-refractivity contribution in [2.75, 3.05) is 6.54 Å². The number of nitrogens with one attached hydrogen (secondary N) is 1. The van der Waals surface area contributed by atoms with Crippen molar-refractivity contribution >= 4 is 11.8 Å². The van der Waals surface area contributed by atoms with Gasteiger partial charge in [0.25, 0.3) is 0 Å². The third kappa shape index (κ3) is 2.33. The van der Waals surface area contributed by atoms with E-state index >= 15 is 0 Å². The van der Waals surface area contributed by atoms with Gasteiger partial charge in [-0.2, -0.15) is 0 Å². The van der Waals surface area contributed by atoms with Crippen LogP contribution in [0, 0.1) is 5.92 Å². The highest BCUT2D eigenvalue weighted by Gasteiger charge is 2.48. The molecule has 2 unspecified atom stereocenters. The Bertz CT molecular complexity index is 401. The molecule has 0 aromatic carbocycles. The highest BCUT2D eigenvalue weighted by atomic mass is 16.2. The van der Waals surface area contributed by atoms with Crippen molar-refractivity contribution < 1.29 is 9.59 Å². The highest BCUT2D eigenvalue weighted by Crippen LogP contribution is 2.36. The van der Waals surface area contributed by atoms with E-state index in [-0.39, 0.29) is 11.8 Å². The van der Waals surface area contributed by atoms with Crippen molar-refractivity contribution in [3.63, 3.8) is 0 Å². The lowest BCUT2D eigenvalue weighted by Gasteiger charge is -2.41. The van der Waals surface area contributed by atoms with E-state index < -0.39 is 5.54 Å². The Balaban J connectivity index is 1.85. The van der Waals surface area contributed by atoms with Crippen LogP contribution < -0.4 is 5.32 Å². The maximum atomic E-state index is 13.1. The van der Waals surface area contributed by atoms with Crippen LogP contribution in [0.5, 0.6) is 0 Å². The predicted octanol–water partition coefficient (Wildman–Crippen LogP) is 2.23. The fourth-order valence-corrected chi connectivity index (χ4v) is 4.37. The molecular weight excluding hydrogens is 252 g/mol. The summed E-state index contributed by atoms with van der Waals surface area (Å²) in [5.41, 5.74) is -0.565. The molecule has 1 aliphatic heterocycles. The Morgan fingerprint density at radius 2 is 1.80 bits per heavy atom. The number of hydrogen-bond donors (Lipinski definition) is 1. The van der Waals surface area contributed by atoms with Crippen LogP contribution in [0.25, 0.3) is 0 Å². The first-order valence-electron chi connectivity index (χ1n) is 8.24. The molecule has 2 saturated carbocycles. The van der Waals surface area contributed by atoms with E-state index in [0.717, 1.165) is 32.1 Å². The average Bonchev–Trinajstić information content (AvgIpc) is 2.85. The SMILES string of the molecule is CC1CCCCC1N1CCC(=O)NC2(CCCC2)C1=O. The summed E-state index contributed by atoms with van der Waals surface area (Å²) >= 11 is 0. The smallest absolute Gasteiger partial charge is 0.248 e. The zero-order valence-corrected chi connectivity index (χ0v) is 12.5. The summed E-state index contributed by atoms with van der Waals surface area (Å²) in [6.45, 7) is 2.87. The van der Waals surface area contributed by atoms with E-state index in [1.165, 1.54) is 19.3 Å². The molecule has 0 radical (unpaired) electrons. The largest absolute Gasteiger partial charge is 0.342 e. The summed E-state index contributed by atoms with van der Waals surface area (Å²) < 4.78 is 0. The topological polar surface area (TPSA) is 49.4 Å². The molecular formula is C16H26N2O2. The zero-order valence-electron chi connectivity index (χ0n) is 12.5. The molecule has 2 aliphatic carbocycles. The Kier molecular flexibility index (Phi) is 3.74. The number of amides is 2. The summed E-state index contributed by atoms with van der Waals surface area (Å²) in [7, 11) is 0. The normalized spacial score (nSPS) is 34.1. The minimum absolute atomic E-state index is 0.0613. The van der Waals surface area contributed by atoms with Crippen LogP contribution in [0.2, 0.25) is 0 Å². The van der Waals surface area contributed by atoms with Gasteiger partial charge in [-0.25, -0.2) is 0 Å². The number of hydrogen-bond acceptors (Lipinski definition) is 2. The van der Waals surface area contributed by atoms with Crippen molar-refractivity contribution in [3.05, 3.63) is 0 Å². The van der Waals surface area contributed by atoms with Crippen LogP contribution in [-0.4, -0.2) is 34.8 Å². The van der Waals surface area contributed by atoms with Crippen molar-refractivity contribution in [1.82, 2.24) is 10.2 Å². The molecule has 3 fully saturated rings. The molecule has 2 amide bonds. The maximum Gasteiger partial charge on any atom is 0.248 e. The van der Waals surface area contributed by atoms with Crippen molar-refractivity contribution in [2.45, 2.75) is 76.3 Å². The fourth-order valence-electron chi connectivity index (χ4n) is 4.37. The Morgan fingerprint density at radius 1 is 1.10 bits per heavy atom. The van der Waals surface area contributed by atoms with Crippen LogP contribution in [0.1, 0.15) is 64.7 Å².